The van der Waals surface area contributed by atoms with Crippen LogP contribution in [0.15, 0.2) is 24.5 Å². The van der Waals surface area contributed by atoms with Crippen LogP contribution in [0.5, 0.6) is 0 Å². The van der Waals surface area contributed by atoms with Gasteiger partial charge < -0.3 is 9.84 Å². The summed E-state index contributed by atoms with van der Waals surface area (Å²) < 4.78 is 8.36. The molecular weight excluding hydrogens is 296 g/mol. The zero-order valence-electron chi connectivity index (χ0n) is 14.4. The smallest absolute Gasteiger partial charge is 0.358 e. The Hall–Kier alpha value is -2.15. The van der Waals surface area contributed by atoms with Gasteiger partial charge in [-0.15, -0.1) is 0 Å². The molecule has 23 heavy (non-hydrogen) atoms. The van der Waals surface area contributed by atoms with Gasteiger partial charge in [0, 0.05) is 24.5 Å². The van der Waals surface area contributed by atoms with Gasteiger partial charge >= 0.3 is 5.97 Å². The van der Waals surface area contributed by atoms with E-state index in [0.717, 1.165) is 5.69 Å². The van der Waals surface area contributed by atoms with E-state index in [1.54, 1.807) is 23.9 Å². The first-order valence-electron chi connectivity index (χ1n) is 7.76. The molecule has 2 aromatic heterocycles. The van der Waals surface area contributed by atoms with Crippen LogP contribution >= 0.6 is 0 Å². The molecule has 0 amide bonds. The molecule has 0 radical (unpaired) electrons. The van der Waals surface area contributed by atoms with Crippen molar-refractivity contribution in [3.05, 3.63) is 35.9 Å². The fraction of sp³-hybridized carbons (Fsp3) is 0.562. The fourth-order valence-corrected chi connectivity index (χ4v) is 1.69. The Bertz CT molecular complexity index is 602. The lowest BCUT2D eigenvalue weighted by molar-refractivity contribution is 0.0518. The summed E-state index contributed by atoms with van der Waals surface area (Å²) in [4.78, 5) is 11.2. The molecular formula is C16H26N4O3. The Morgan fingerprint density at radius 2 is 1.70 bits per heavy atom. The Morgan fingerprint density at radius 1 is 1.13 bits per heavy atom. The molecule has 0 fully saturated rings. The van der Waals surface area contributed by atoms with Crippen LogP contribution in [0.25, 0.3) is 0 Å². The van der Waals surface area contributed by atoms with Crippen LogP contribution in [0.2, 0.25) is 0 Å². The zero-order chi connectivity index (χ0) is 17.4. The van der Waals surface area contributed by atoms with Crippen molar-refractivity contribution in [2.45, 2.75) is 53.3 Å². The minimum atomic E-state index is -0.359. The van der Waals surface area contributed by atoms with Crippen molar-refractivity contribution in [3.8, 4) is 0 Å². The second-order valence-corrected chi connectivity index (χ2v) is 5.53. The highest BCUT2D eigenvalue weighted by atomic mass is 16.5. The van der Waals surface area contributed by atoms with Gasteiger partial charge in [0.1, 0.15) is 0 Å². The predicted molar refractivity (Wildman–Crippen MR) is 87.1 cm³/mol. The SMILES string of the molecule is CC(C)n1ccc(CO)n1.CCOC(=O)c1ccn(C(C)C)n1. The van der Waals surface area contributed by atoms with E-state index in [1.165, 1.54) is 0 Å². The van der Waals surface area contributed by atoms with Gasteiger partial charge in [0.05, 0.1) is 18.9 Å². The highest BCUT2D eigenvalue weighted by Crippen LogP contribution is 2.05. The molecule has 0 aliphatic carbocycles. The van der Waals surface area contributed by atoms with Crippen LogP contribution < -0.4 is 0 Å². The number of aliphatic hydroxyl groups is 1. The summed E-state index contributed by atoms with van der Waals surface area (Å²) in [6, 6.07) is 4.13. The molecule has 0 saturated carbocycles. The summed E-state index contributed by atoms with van der Waals surface area (Å²) in [7, 11) is 0. The average Bonchev–Trinajstić information content (AvgIpc) is 3.17. The van der Waals surface area contributed by atoms with E-state index in [2.05, 4.69) is 10.2 Å². The lowest BCUT2D eigenvalue weighted by Gasteiger charge is -2.03. The van der Waals surface area contributed by atoms with E-state index in [-0.39, 0.29) is 18.6 Å². The topological polar surface area (TPSA) is 82.2 Å². The molecule has 7 heteroatoms. The maximum Gasteiger partial charge on any atom is 0.358 e. The maximum atomic E-state index is 11.2. The van der Waals surface area contributed by atoms with Crippen LogP contribution in [0, 0.1) is 0 Å². The number of hydrogen-bond donors (Lipinski definition) is 1. The number of carbonyl (C=O) groups excluding carboxylic acids is 1. The Morgan fingerprint density at radius 3 is 2.09 bits per heavy atom. The van der Waals surface area contributed by atoms with E-state index in [4.69, 9.17) is 9.84 Å². The first kappa shape index (κ1) is 18.9. The van der Waals surface area contributed by atoms with E-state index >= 15 is 0 Å². The molecule has 0 aromatic carbocycles. The molecule has 2 heterocycles. The van der Waals surface area contributed by atoms with Gasteiger partial charge in [-0.2, -0.15) is 10.2 Å². The normalized spacial score (nSPS) is 10.6. The molecule has 128 valence electrons. The quantitative estimate of drug-likeness (QED) is 0.856. The van der Waals surface area contributed by atoms with Gasteiger partial charge in [0.25, 0.3) is 0 Å². The summed E-state index contributed by atoms with van der Waals surface area (Å²) in [6.45, 7) is 10.3. The van der Waals surface area contributed by atoms with Crippen molar-refractivity contribution in [1.82, 2.24) is 19.6 Å². The van der Waals surface area contributed by atoms with E-state index in [1.807, 2.05) is 44.6 Å². The third kappa shape index (κ3) is 5.86. The summed E-state index contributed by atoms with van der Waals surface area (Å²) in [5.41, 5.74) is 1.10. The first-order valence-corrected chi connectivity index (χ1v) is 7.76. The summed E-state index contributed by atoms with van der Waals surface area (Å²) >= 11 is 0. The van der Waals surface area contributed by atoms with Crippen molar-refractivity contribution < 1.29 is 14.6 Å². The number of carbonyl (C=O) groups is 1. The number of ether oxygens (including phenoxy) is 1. The van der Waals surface area contributed by atoms with Crippen molar-refractivity contribution in [2.24, 2.45) is 0 Å². The molecule has 1 N–H and O–H groups in total. The second kappa shape index (κ2) is 9.09. The molecule has 0 saturated heterocycles. The molecule has 0 unspecified atom stereocenters. The Labute approximate surface area is 136 Å². The van der Waals surface area contributed by atoms with Gasteiger partial charge in [-0.25, -0.2) is 4.79 Å². The van der Waals surface area contributed by atoms with Crippen LogP contribution in [-0.2, 0) is 11.3 Å². The monoisotopic (exact) mass is 322 g/mol. The number of aromatic nitrogens is 4. The van der Waals surface area contributed by atoms with E-state index < -0.39 is 0 Å². The van der Waals surface area contributed by atoms with Gasteiger partial charge in [0.15, 0.2) is 5.69 Å². The Balaban J connectivity index is 0.000000238. The lowest BCUT2D eigenvalue weighted by atomic mass is 10.4. The van der Waals surface area contributed by atoms with Crippen LogP contribution in [-0.4, -0.2) is 37.2 Å². The third-order valence-corrected chi connectivity index (χ3v) is 2.98. The standard InChI is InChI=1S/C9H14N2O2.C7H12N2O/c1-4-13-9(12)8-5-6-11(10-8)7(2)3;1-6(2)9-4-3-7(5-10)8-9/h5-7H,4H2,1-3H3;3-4,6,10H,5H2,1-2H3. The van der Waals surface area contributed by atoms with Gasteiger partial charge in [-0.3, -0.25) is 9.36 Å². The summed E-state index contributed by atoms with van der Waals surface area (Å²) in [6.07, 6.45) is 3.65. The third-order valence-electron chi connectivity index (χ3n) is 2.98. The summed E-state index contributed by atoms with van der Waals surface area (Å²) in [5.74, 6) is -0.359. The van der Waals surface area contributed by atoms with Crippen LogP contribution in [0.3, 0.4) is 0 Å². The highest BCUT2D eigenvalue weighted by molar-refractivity contribution is 5.86. The van der Waals surface area contributed by atoms with Crippen molar-refractivity contribution in [2.75, 3.05) is 6.61 Å². The predicted octanol–water partition coefficient (Wildman–Crippen LogP) is 2.60. The second-order valence-electron chi connectivity index (χ2n) is 5.53. The van der Waals surface area contributed by atoms with Crippen molar-refractivity contribution >= 4 is 5.97 Å². The number of rotatable bonds is 5. The summed E-state index contributed by atoms with van der Waals surface area (Å²) in [5, 5.41) is 16.8. The molecule has 0 spiro atoms. The molecule has 2 aromatic rings. The van der Waals surface area contributed by atoms with Gasteiger partial charge in [0.2, 0.25) is 0 Å². The van der Waals surface area contributed by atoms with Crippen molar-refractivity contribution in [3.63, 3.8) is 0 Å². The minimum absolute atomic E-state index is 0.0275. The minimum Gasteiger partial charge on any atom is -0.461 e. The Kier molecular flexibility index (Phi) is 7.47. The van der Waals surface area contributed by atoms with Gasteiger partial charge in [-0.1, -0.05) is 0 Å². The molecule has 0 atom stereocenters. The molecule has 0 aliphatic heterocycles. The molecule has 7 nitrogen and oxygen atoms in total. The van der Waals surface area contributed by atoms with Crippen molar-refractivity contribution in [1.29, 1.82) is 0 Å². The highest BCUT2D eigenvalue weighted by Gasteiger charge is 2.10. The van der Waals surface area contributed by atoms with Crippen LogP contribution in [0.1, 0.15) is 62.9 Å². The lowest BCUT2D eigenvalue weighted by Crippen LogP contribution is -2.08. The molecule has 0 bridgehead atoms. The zero-order valence-corrected chi connectivity index (χ0v) is 14.4. The maximum absolute atomic E-state index is 11.2. The largest absolute Gasteiger partial charge is 0.461 e. The number of esters is 1. The number of hydrogen-bond acceptors (Lipinski definition) is 5. The molecule has 0 aliphatic rings. The van der Waals surface area contributed by atoms with Crippen LogP contribution in [0.4, 0.5) is 0 Å². The number of nitrogens with zero attached hydrogens (tertiary/aromatic N) is 4. The van der Waals surface area contributed by atoms with E-state index in [9.17, 15) is 4.79 Å². The van der Waals surface area contributed by atoms with E-state index in [0.29, 0.717) is 18.3 Å². The first-order chi connectivity index (χ1) is 10.9. The van der Waals surface area contributed by atoms with Gasteiger partial charge in [-0.05, 0) is 46.8 Å². The fourth-order valence-electron chi connectivity index (χ4n) is 1.69. The average molecular weight is 322 g/mol. The molecule has 2 rings (SSSR count). The number of aliphatic hydroxyl groups excluding tert-OH is 1.